The van der Waals surface area contributed by atoms with E-state index in [1.165, 1.54) is 0 Å². The maximum absolute atomic E-state index is 11.5. The predicted molar refractivity (Wildman–Crippen MR) is 126 cm³/mol. The number of rotatable bonds is 25. The molecule has 0 fully saturated rings. The number of hydrogen-bond acceptors (Lipinski definition) is 10. The van der Waals surface area contributed by atoms with Crippen molar-refractivity contribution in [1.29, 1.82) is 0 Å². The van der Waals surface area contributed by atoms with E-state index in [0.717, 1.165) is 12.8 Å². The number of nitrogens with one attached hydrogen (secondary N) is 1. The van der Waals surface area contributed by atoms with Crippen molar-refractivity contribution in [3.63, 3.8) is 0 Å². The Balaban J connectivity index is 3.10. The normalized spacial score (nSPS) is 11.6. The number of carbonyl (C=O) groups excluding carboxylic acids is 1. The van der Waals surface area contributed by atoms with Crippen LogP contribution in [0.15, 0.2) is 0 Å². The van der Waals surface area contributed by atoms with Gasteiger partial charge < -0.3 is 48.3 Å². The van der Waals surface area contributed by atoms with Crippen LogP contribution >= 0.6 is 0 Å². The summed E-state index contributed by atoms with van der Waals surface area (Å²) in [5, 5.41) is 11.3. The third-order valence-electron chi connectivity index (χ3n) is 3.85. The Labute approximate surface area is 204 Å². The molecule has 0 radical (unpaired) electrons. The summed E-state index contributed by atoms with van der Waals surface area (Å²) < 4.78 is 42.7. The Hall–Kier alpha value is -1.05. The highest BCUT2D eigenvalue weighted by atomic mass is 16.6. The van der Waals surface area contributed by atoms with Crippen molar-refractivity contribution in [2.45, 2.75) is 39.2 Å². The van der Waals surface area contributed by atoms with Gasteiger partial charge in [0.1, 0.15) is 5.60 Å². The Morgan fingerprint density at radius 3 is 1.29 bits per heavy atom. The van der Waals surface area contributed by atoms with E-state index in [2.05, 4.69) is 5.32 Å². The number of ether oxygens (including phenoxy) is 8. The van der Waals surface area contributed by atoms with Gasteiger partial charge in [0.05, 0.1) is 92.5 Å². The smallest absolute Gasteiger partial charge is 0.407 e. The third kappa shape index (κ3) is 29.0. The number of aliphatic hydroxyl groups is 1. The standard InChI is InChI=1S/C23H47NO10/c1-23(2,3)34-22(26)24-6-4-5-8-27-10-12-29-14-16-31-18-20-33-21-19-32-17-15-30-13-11-28-9-7-25/h25H,4-21H2,1-3H3,(H,24,26). The lowest BCUT2D eigenvalue weighted by molar-refractivity contribution is -0.0215. The summed E-state index contributed by atoms with van der Waals surface area (Å²) in [7, 11) is 0. The fraction of sp³-hybridized carbons (Fsp3) is 0.957. The molecule has 0 aliphatic heterocycles. The lowest BCUT2D eigenvalue weighted by atomic mass is 10.2. The van der Waals surface area contributed by atoms with Gasteiger partial charge in [-0.15, -0.1) is 0 Å². The van der Waals surface area contributed by atoms with E-state index in [4.69, 9.17) is 43.0 Å². The molecule has 34 heavy (non-hydrogen) atoms. The van der Waals surface area contributed by atoms with Crippen molar-refractivity contribution in [2.24, 2.45) is 0 Å². The van der Waals surface area contributed by atoms with Crippen LogP contribution in [0.2, 0.25) is 0 Å². The molecule has 0 aromatic rings. The summed E-state index contributed by atoms with van der Waals surface area (Å²) in [6.07, 6.45) is 1.30. The molecule has 0 rings (SSSR count). The molecule has 0 atom stereocenters. The van der Waals surface area contributed by atoms with Crippen LogP contribution < -0.4 is 5.32 Å². The fourth-order valence-electron chi connectivity index (χ4n) is 2.32. The van der Waals surface area contributed by atoms with E-state index in [-0.39, 0.29) is 12.7 Å². The molecular formula is C23H47NO10. The van der Waals surface area contributed by atoms with Crippen molar-refractivity contribution in [3.05, 3.63) is 0 Å². The van der Waals surface area contributed by atoms with Crippen LogP contribution in [0.5, 0.6) is 0 Å². The van der Waals surface area contributed by atoms with Gasteiger partial charge in [-0.25, -0.2) is 4.79 Å². The van der Waals surface area contributed by atoms with Crippen LogP contribution in [-0.2, 0) is 37.9 Å². The Bertz CT molecular complexity index is 434. The van der Waals surface area contributed by atoms with Gasteiger partial charge in [0.25, 0.3) is 0 Å². The predicted octanol–water partition coefficient (Wildman–Crippen LogP) is 1.40. The van der Waals surface area contributed by atoms with E-state index < -0.39 is 5.60 Å². The van der Waals surface area contributed by atoms with E-state index in [9.17, 15) is 4.79 Å². The van der Waals surface area contributed by atoms with Gasteiger partial charge in [0.15, 0.2) is 0 Å². The molecule has 0 aliphatic rings. The van der Waals surface area contributed by atoms with Crippen LogP contribution in [-0.4, -0.2) is 122 Å². The first-order valence-electron chi connectivity index (χ1n) is 12.1. The number of aliphatic hydroxyl groups excluding tert-OH is 1. The molecule has 0 heterocycles. The molecule has 11 heteroatoms. The van der Waals surface area contributed by atoms with Gasteiger partial charge in [0.2, 0.25) is 0 Å². The number of hydrogen-bond donors (Lipinski definition) is 2. The molecule has 0 aromatic carbocycles. The zero-order chi connectivity index (χ0) is 25.2. The van der Waals surface area contributed by atoms with Gasteiger partial charge in [-0.2, -0.15) is 0 Å². The molecule has 0 spiro atoms. The molecule has 0 bridgehead atoms. The molecule has 2 N–H and O–H groups in total. The molecule has 0 saturated carbocycles. The fourth-order valence-corrected chi connectivity index (χ4v) is 2.32. The summed E-state index contributed by atoms with van der Waals surface area (Å²) >= 11 is 0. The molecule has 1 amide bonds. The monoisotopic (exact) mass is 497 g/mol. The van der Waals surface area contributed by atoms with Crippen molar-refractivity contribution in [1.82, 2.24) is 5.32 Å². The summed E-state index contributed by atoms with van der Waals surface area (Å²) in [5.41, 5.74) is -0.475. The Morgan fingerprint density at radius 2 is 0.941 bits per heavy atom. The van der Waals surface area contributed by atoms with Crippen LogP contribution in [0, 0.1) is 0 Å². The van der Waals surface area contributed by atoms with E-state index in [1.54, 1.807) is 0 Å². The van der Waals surface area contributed by atoms with Gasteiger partial charge in [-0.3, -0.25) is 0 Å². The Kier molecular flexibility index (Phi) is 24.3. The van der Waals surface area contributed by atoms with Crippen molar-refractivity contribution in [3.8, 4) is 0 Å². The summed E-state index contributed by atoms with van der Waals surface area (Å²) in [6.45, 7) is 13.2. The molecule has 0 aliphatic carbocycles. The highest BCUT2D eigenvalue weighted by molar-refractivity contribution is 5.67. The van der Waals surface area contributed by atoms with E-state index in [1.807, 2.05) is 20.8 Å². The van der Waals surface area contributed by atoms with Crippen molar-refractivity contribution >= 4 is 6.09 Å². The quantitative estimate of drug-likeness (QED) is 0.179. The SMILES string of the molecule is CC(C)(C)OC(=O)NCCCCOCCOCCOCCOCCOCCOCCOCCO. The molecule has 11 nitrogen and oxygen atoms in total. The van der Waals surface area contributed by atoms with Gasteiger partial charge in [-0.05, 0) is 33.6 Å². The average Bonchev–Trinajstić information content (AvgIpc) is 2.78. The van der Waals surface area contributed by atoms with E-state index >= 15 is 0 Å². The molecule has 0 aromatic heterocycles. The summed E-state index contributed by atoms with van der Waals surface area (Å²) in [4.78, 5) is 11.5. The number of amides is 1. The number of carbonyl (C=O) groups is 1. The van der Waals surface area contributed by atoms with Crippen molar-refractivity contribution in [2.75, 3.05) is 106 Å². The summed E-state index contributed by atoms with van der Waals surface area (Å²) in [5.74, 6) is 0. The van der Waals surface area contributed by atoms with Crippen LogP contribution in [0.3, 0.4) is 0 Å². The number of unbranched alkanes of at least 4 members (excludes halogenated alkanes) is 1. The van der Waals surface area contributed by atoms with E-state index in [0.29, 0.717) is 99.0 Å². The first-order valence-corrected chi connectivity index (χ1v) is 12.1. The van der Waals surface area contributed by atoms with Gasteiger partial charge in [0, 0.05) is 13.2 Å². The minimum absolute atomic E-state index is 0.0264. The second-order valence-electron chi connectivity index (χ2n) is 8.15. The highest BCUT2D eigenvalue weighted by Crippen LogP contribution is 2.06. The second kappa shape index (κ2) is 25.1. The topological polar surface area (TPSA) is 123 Å². The molecular weight excluding hydrogens is 450 g/mol. The summed E-state index contributed by atoms with van der Waals surface area (Å²) in [6, 6.07) is 0. The minimum Gasteiger partial charge on any atom is -0.444 e. The molecule has 0 saturated heterocycles. The second-order valence-corrected chi connectivity index (χ2v) is 8.15. The minimum atomic E-state index is -0.475. The lowest BCUT2D eigenvalue weighted by Crippen LogP contribution is -2.33. The van der Waals surface area contributed by atoms with Crippen LogP contribution in [0.1, 0.15) is 33.6 Å². The average molecular weight is 498 g/mol. The molecule has 0 unspecified atom stereocenters. The van der Waals surface area contributed by atoms with Crippen LogP contribution in [0.25, 0.3) is 0 Å². The maximum Gasteiger partial charge on any atom is 0.407 e. The largest absolute Gasteiger partial charge is 0.444 e. The van der Waals surface area contributed by atoms with Gasteiger partial charge >= 0.3 is 6.09 Å². The Morgan fingerprint density at radius 1 is 0.588 bits per heavy atom. The van der Waals surface area contributed by atoms with Crippen molar-refractivity contribution < 1.29 is 47.8 Å². The van der Waals surface area contributed by atoms with Gasteiger partial charge in [-0.1, -0.05) is 0 Å². The highest BCUT2D eigenvalue weighted by Gasteiger charge is 2.15. The lowest BCUT2D eigenvalue weighted by Gasteiger charge is -2.19. The third-order valence-corrected chi connectivity index (χ3v) is 3.85. The first-order chi connectivity index (χ1) is 16.5. The zero-order valence-corrected chi connectivity index (χ0v) is 21.3. The maximum atomic E-state index is 11.5. The van der Waals surface area contributed by atoms with Crippen LogP contribution in [0.4, 0.5) is 4.79 Å². The molecule has 204 valence electrons. The zero-order valence-electron chi connectivity index (χ0n) is 21.3. The first kappa shape index (κ1) is 33.0. The number of alkyl carbamates (subject to hydrolysis) is 1.